The van der Waals surface area contributed by atoms with Gasteiger partial charge in [-0.2, -0.15) is 0 Å². The van der Waals surface area contributed by atoms with Gasteiger partial charge in [-0.1, -0.05) is 51.0 Å². The third kappa shape index (κ3) is 5.29. The molecule has 0 amide bonds. The Morgan fingerprint density at radius 1 is 0.875 bits per heavy atom. The van der Waals surface area contributed by atoms with Crippen molar-refractivity contribution in [2.24, 2.45) is 5.92 Å². The molecule has 1 aromatic rings. The smallest absolute Gasteiger partial charge is 0.162 e. The number of carbonyl (C=O) groups excluding carboxylic acids is 2. The molecule has 2 rings (SSSR count). The zero-order valence-electron chi connectivity index (χ0n) is 15.4. The molecule has 0 N–H and O–H groups in total. The summed E-state index contributed by atoms with van der Waals surface area (Å²) < 4.78 is 0. The number of benzene rings is 1. The van der Waals surface area contributed by atoms with Crippen LogP contribution in [0.4, 0.5) is 0 Å². The molecule has 0 aliphatic heterocycles. The van der Waals surface area contributed by atoms with Crippen LogP contribution in [0.2, 0.25) is 0 Å². The minimum atomic E-state index is 0.241. The molecule has 0 radical (unpaired) electrons. The van der Waals surface area contributed by atoms with Gasteiger partial charge in [0.05, 0.1) is 0 Å². The number of rotatable bonds is 9. The van der Waals surface area contributed by atoms with Crippen molar-refractivity contribution >= 4 is 11.6 Å². The van der Waals surface area contributed by atoms with Crippen LogP contribution in [0.3, 0.4) is 0 Å². The Bertz CT molecular complexity index is 521. The van der Waals surface area contributed by atoms with Crippen molar-refractivity contribution < 1.29 is 9.59 Å². The monoisotopic (exact) mass is 328 g/mol. The van der Waals surface area contributed by atoms with E-state index in [2.05, 4.69) is 19.1 Å². The van der Waals surface area contributed by atoms with Crippen LogP contribution in [-0.2, 0) is 4.79 Å². The van der Waals surface area contributed by atoms with Gasteiger partial charge in [-0.15, -0.1) is 0 Å². The number of ketones is 2. The molecule has 0 unspecified atom stereocenters. The molecule has 132 valence electrons. The largest absolute Gasteiger partial charge is 0.299 e. The van der Waals surface area contributed by atoms with E-state index in [4.69, 9.17) is 0 Å². The third-order valence-electron chi connectivity index (χ3n) is 5.39. The lowest BCUT2D eigenvalue weighted by molar-refractivity contribution is -0.124. The minimum absolute atomic E-state index is 0.241. The number of hydrogen-bond donors (Lipinski definition) is 0. The molecular formula is C22H32O2. The number of Topliss-reactive ketones (excluding diaryl/α,β-unsaturated/α-hetero) is 2. The summed E-state index contributed by atoms with van der Waals surface area (Å²) >= 11 is 0. The van der Waals surface area contributed by atoms with Crippen molar-refractivity contribution in [2.75, 3.05) is 0 Å². The van der Waals surface area contributed by atoms with E-state index in [1.807, 2.05) is 19.1 Å². The summed E-state index contributed by atoms with van der Waals surface area (Å²) in [5.41, 5.74) is 2.17. The van der Waals surface area contributed by atoms with Crippen LogP contribution in [0.25, 0.3) is 0 Å². The first-order valence-electron chi connectivity index (χ1n) is 9.81. The van der Waals surface area contributed by atoms with E-state index in [-0.39, 0.29) is 5.78 Å². The quantitative estimate of drug-likeness (QED) is 0.406. The van der Waals surface area contributed by atoms with Crippen LogP contribution < -0.4 is 0 Å². The van der Waals surface area contributed by atoms with Crippen LogP contribution in [0.1, 0.15) is 99.9 Å². The topological polar surface area (TPSA) is 34.1 Å². The van der Waals surface area contributed by atoms with E-state index in [0.717, 1.165) is 50.5 Å². The summed E-state index contributed by atoms with van der Waals surface area (Å²) in [5.74, 6) is 1.58. The van der Waals surface area contributed by atoms with Crippen molar-refractivity contribution in [3.8, 4) is 0 Å². The average molecular weight is 328 g/mol. The summed E-state index contributed by atoms with van der Waals surface area (Å²) in [6.45, 7) is 4.21. The van der Waals surface area contributed by atoms with Crippen LogP contribution in [-0.4, -0.2) is 11.6 Å². The second-order valence-electron chi connectivity index (χ2n) is 7.27. The molecule has 0 spiro atoms. The summed E-state index contributed by atoms with van der Waals surface area (Å²) in [7, 11) is 0. The molecule has 2 nitrogen and oxygen atoms in total. The van der Waals surface area contributed by atoms with Crippen LogP contribution >= 0.6 is 0 Å². The maximum Gasteiger partial charge on any atom is 0.162 e. The molecule has 1 aliphatic rings. The first kappa shape index (κ1) is 18.9. The first-order valence-corrected chi connectivity index (χ1v) is 9.81. The van der Waals surface area contributed by atoms with Gasteiger partial charge in [-0.3, -0.25) is 9.59 Å². The Morgan fingerprint density at radius 2 is 1.54 bits per heavy atom. The van der Waals surface area contributed by atoms with E-state index in [9.17, 15) is 9.59 Å². The molecule has 1 fully saturated rings. The van der Waals surface area contributed by atoms with Gasteiger partial charge in [0.2, 0.25) is 0 Å². The molecule has 0 bridgehead atoms. The lowest BCUT2D eigenvalue weighted by Gasteiger charge is -2.28. The van der Waals surface area contributed by atoms with Gasteiger partial charge in [0.15, 0.2) is 5.78 Å². The average Bonchev–Trinajstić information content (AvgIpc) is 2.62. The molecular weight excluding hydrogens is 296 g/mol. The van der Waals surface area contributed by atoms with Gasteiger partial charge >= 0.3 is 0 Å². The van der Waals surface area contributed by atoms with Gasteiger partial charge in [-0.05, 0) is 50.0 Å². The highest BCUT2D eigenvalue weighted by molar-refractivity contribution is 5.96. The van der Waals surface area contributed by atoms with Crippen molar-refractivity contribution in [3.63, 3.8) is 0 Å². The second-order valence-corrected chi connectivity index (χ2v) is 7.27. The van der Waals surface area contributed by atoms with Gasteiger partial charge in [0.1, 0.15) is 5.78 Å². The number of unbranched alkanes of at least 4 members (excludes halogenated alkanes) is 2. The highest BCUT2D eigenvalue weighted by Gasteiger charge is 2.26. The van der Waals surface area contributed by atoms with Crippen molar-refractivity contribution in [1.82, 2.24) is 0 Å². The fourth-order valence-corrected chi connectivity index (χ4v) is 3.81. The van der Waals surface area contributed by atoms with E-state index in [1.54, 1.807) is 0 Å². The minimum Gasteiger partial charge on any atom is -0.299 e. The molecule has 0 aromatic heterocycles. The zero-order chi connectivity index (χ0) is 17.4. The van der Waals surface area contributed by atoms with Gasteiger partial charge in [0.25, 0.3) is 0 Å². The van der Waals surface area contributed by atoms with Crippen molar-refractivity contribution in [3.05, 3.63) is 35.4 Å². The van der Waals surface area contributed by atoms with Gasteiger partial charge < -0.3 is 0 Å². The molecule has 1 aliphatic carbocycles. The van der Waals surface area contributed by atoms with Gasteiger partial charge in [-0.25, -0.2) is 0 Å². The van der Waals surface area contributed by atoms with E-state index in [1.165, 1.54) is 18.4 Å². The van der Waals surface area contributed by atoms with E-state index in [0.29, 0.717) is 24.0 Å². The normalized spacial score (nSPS) is 20.8. The van der Waals surface area contributed by atoms with Crippen molar-refractivity contribution in [1.29, 1.82) is 0 Å². The predicted molar refractivity (Wildman–Crippen MR) is 99.5 cm³/mol. The zero-order valence-corrected chi connectivity index (χ0v) is 15.4. The fourth-order valence-electron chi connectivity index (χ4n) is 3.81. The van der Waals surface area contributed by atoms with Crippen molar-refractivity contribution in [2.45, 2.75) is 84.0 Å². The van der Waals surface area contributed by atoms with Crippen LogP contribution in [0.15, 0.2) is 24.3 Å². The molecule has 0 saturated heterocycles. The lowest BCUT2D eigenvalue weighted by atomic mass is 9.76. The maximum absolute atomic E-state index is 12.3. The number of hydrogen-bond acceptors (Lipinski definition) is 2. The maximum atomic E-state index is 12.3. The van der Waals surface area contributed by atoms with E-state index < -0.39 is 0 Å². The number of carbonyl (C=O) groups is 2. The Kier molecular flexibility index (Phi) is 7.68. The Labute approximate surface area is 147 Å². The molecule has 2 heteroatoms. The predicted octanol–water partition coefficient (Wildman–Crippen LogP) is 6.09. The SMILES string of the molecule is CCCCCC(=O)C1CCC(c2ccc(C(=O)CCC)cc2)CC1. The summed E-state index contributed by atoms with van der Waals surface area (Å²) in [4.78, 5) is 24.2. The third-order valence-corrected chi connectivity index (χ3v) is 5.39. The summed E-state index contributed by atoms with van der Waals surface area (Å²) in [6, 6.07) is 8.21. The highest BCUT2D eigenvalue weighted by atomic mass is 16.1. The van der Waals surface area contributed by atoms with Crippen LogP contribution in [0, 0.1) is 5.92 Å². The van der Waals surface area contributed by atoms with E-state index >= 15 is 0 Å². The standard InChI is InChI=1S/C22H32O2/c1-3-5-6-8-22(24)20-15-11-18(12-16-20)17-9-13-19(14-10-17)21(23)7-4-2/h9-10,13-14,18,20H,3-8,11-12,15-16H2,1-2H3. The van der Waals surface area contributed by atoms with Gasteiger partial charge in [0, 0.05) is 24.3 Å². The molecule has 0 heterocycles. The summed E-state index contributed by atoms with van der Waals surface area (Å²) in [5, 5.41) is 0. The second kappa shape index (κ2) is 9.76. The van der Waals surface area contributed by atoms with Crippen LogP contribution in [0.5, 0.6) is 0 Å². The lowest BCUT2D eigenvalue weighted by Crippen LogP contribution is -2.21. The first-order chi connectivity index (χ1) is 11.7. The molecule has 1 saturated carbocycles. The Morgan fingerprint density at radius 3 is 2.12 bits per heavy atom. The highest BCUT2D eigenvalue weighted by Crippen LogP contribution is 2.36. The Balaban J connectivity index is 1.83. The molecule has 24 heavy (non-hydrogen) atoms. The fraction of sp³-hybridized carbons (Fsp3) is 0.636. The molecule has 0 atom stereocenters. The molecule has 1 aromatic carbocycles. The summed E-state index contributed by atoms with van der Waals surface area (Å²) in [6.07, 6.45) is 9.99. The Hall–Kier alpha value is -1.44.